The van der Waals surface area contributed by atoms with Crippen molar-refractivity contribution in [3.05, 3.63) is 28.2 Å². The highest BCUT2D eigenvalue weighted by atomic mass is 32.1. The van der Waals surface area contributed by atoms with Gasteiger partial charge in [0.2, 0.25) is 0 Å². The molecule has 0 unspecified atom stereocenters. The molecule has 2 heterocycles. The van der Waals surface area contributed by atoms with Crippen LogP contribution in [0.3, 0.4) is 0 Å². The number of anilines is 1. The average Bonchev–Trinajstić information content (AvgIpc) is 2.82. The van der Waals surface area contributed by atoms with E-state index in [0.29, 0.717) is 0 Å². The molecule has 0 saturated heterocycles. The summed E-state index contributed by atoms with van der Waals surface area (Å²) in [6.07, 6.45) is 3.69. The molecule has 0 aliphatic rings. The fourth-order valence-corrected chi connectivity index (χ4v) is 2.65. The predicted molar refractivity (Wildman–Crippen MR) is 78.2 cm³/mol. The van der Waals surface area contributed by atoms with Crippen molar-refractivity contribution in [2.75, 3.05) is 11.9 Å². The zero-order valence-electron chi connectivity index (χ0n) is 11.2. The third-order valence-corrected chi connectivity index (χ3v) is 3.71. The summed E-state index contributed by atoms with van der Waals surface area (Å²) in [5.74, 6) is 0.980. The van der Waals surface area contributed by atoms with Gasteiger partial charge < -0.3 is 5.32 Å². The number of nitrogens with zero attached hydrogens (tertiary/aromatic N) is 2. The summed E-state index contributed by atoms with van der Waals surface area (Å²) in [4.78, 5) is 10.1. The number of hydrogen-bond donors (Lipinski definition) is 1. The summed E-state index contributed by atoms with van der Waals surface area (Å²) < 4.78 is 0. The Morgan fingerprint density at radius 3 is 2.72 bits per heavy atom. The molecule has 18 heavy (non-hydrogen) atoms. The first kappa shape index (κ1) is 13.0. The maximum Gasteiger partial charge on any atom is 0.133 e. The van der Waals surface area contributed by atoms with Gasteiger partial charge in [-0.05, 0) is 25.8 Å². The molecule has 0 saturated carbocycles. The first-order valence-corrected chi connectivity index (χ1v) is 7.27. The summed E-state index contributed by atoms with van der Waals surface area (Å²) in [7, 11) is 0. The molecule has 0 aliphatic carbocycles. The Balaban J connectivity index is 2.41. The van der Waals surface area contributed by atoms with Crippen LogP contribution >= 0.6 is 11.3 Å². The SMILES string of the molecule is CCCNc1ncnc(-c2csc(C)c2)c1CC. The van der Waals surface area contributed by atoms with Crippen molar-refractivity contribution >= 4 is 17.2 Å². The lowest BCUT2D eigenvalue weighted by molar-refractivity contribution is 0.949. The highest BCUT2D eigenvalue weighted by molar-refractivity contribution is 7.10. The van der Waals surface area contributed by atoms with E-state index < -0.39 is 0 Å². The molecule has 3 nitrogen and oxygen atoms in total. The van der Waals surface area contributed by atoms with Crippen molar-refractivity contribution in [2.45, 2.75) is 33.6 Å². The third-order valence-electron chi connectivity index (χ3n) is 2.85. The van der Waals surface area contributed by atoms with Gasteiger partial charge in [-0.1, -0.05) is 13.8 Å². The molecular weight excluding hydrogens is 242 g/mol. The van der Waals surface area contributed by atoms with Gasteiger partial charge in [-0.25, -0.2) is 9.97 Å². The van der Waals surface area contributed by atoms with Crippen LogP contribution in [0.2, 0.25) is 0 Å². The van der Waals surface area contributed by atoms with Gasteiger partial charge in [0.15, 0.2) is 0 Å². The summed E-state index contributed by atoms with van der Waals surface area (Å²) in [6, 6.07) is 2.19. The molecule has 0 bridgehead atoms. The molecule has 96 valence electrons. The van der Waals surface area contributed by atoms with Crippen LogP contribution in [-0.2, 0) is 6.42 Å². The minimum absolute atomic E-state index is 0.942. The van der Waals surface area contributed by atoms with Crippen molar-refractivity contribution in [3.63, 3.8) is 0 Å². The number of rotatable bonds is 5. The van der Waals surface area contributed by atoms with Crippen LogP contribution in [0.4, 0.5) is 5.82 Å². The largest absolute Gasteiger partial charge is 0.370 e. The highest BCUT2D eigenvalue weighted by Crippen LogP contribution is 2.29. The molecule has 0 atom stereocenters. The second-order valence-electron chi connectivity index (χ2n) is 4.28. The van der Waals surface area contributed by atoms with E-state index >= 15 is 0 Å². The molecule has 1 N–H and O–H groups in total. The first-order valence-electron chi connectivity index (χ1n) is 6.39. The fourth-order valence-electron chi connectivity index (χ4n) is 1.96. The normalized spacial score (nSPS) is 10.6. The molecule has 0 aromatic carbocycles. The van der Waals surface area contributed by atoms with E-state index in [-0.39, 0.29) is 0 Å². The van der Waals surface area contributed by atoms with E-state index in [1.165, 1.54) is 16.0 Å². The zero-order valence-corrected chi connectivity index (χ0v) is 12.0. The summed E-state index contributed by atoms with van der Waals surface area (Å²) in [5.41, 5.74) is 3.48. The Morgan fingerprint density at radius 1 is 1.28 bits per heavy atom. The van der Waals surface area contributed by atoms with Gasteiger partial charge in [-0.2, -0.15) is 0 Å². The standard InChI is InChI=1S/C14H19N3S/c1-4-6-15-14-12(5-2)13(16-9-17-14)11-7-10(3)18-8-11/h7-9H,4-6H2,1-3H3,(H,15,16,17). The number of aromatic nitrogens is 2. The van der Waals surface area contributed by atoms with Crippen LogP contribution < -0.4 is 5.32 Å². The van der Waals surface area contributed by atoms with Crippen LogP contribution in [0.5, 0.6) is 0 Å². The molecule has 0 aliphatic heterocycles. The molecule has 0 radical (unpaired) electrons. The van der Waals surface area contributed by atoms with E-state index in [1.54, 1.807) is 17.7 Å². The van der Waals surface area contributed by atoms with Crippen LogP contribution in [0, 0.1) is 6.92 Å². The van der Waals surface area contributed by atoms with E-state index in [9.17, 15) is 0 Å². The molecule has 4 heteroatoms. The van der Waals surface area contributed by atoms with Gasteiger partial charge in [0, 0.05) is 27.9 Å². The second kappa shape index (κ2) is 5.96. The van der Waals surface area contributed by atoms with Crippen molar-refractivity contribution in [1.29, 1.82) is 0 Å². The van der Waals surface area contributed by atoms with Gasteiger partial charge in [0.1, 0.15) is 12.1 Å². The summed E-state index contributed by atoms with van der Waals surface area (Å²) >= 11 is 1.76. The van der Waals surface area contributed by atoms with E-state index in [1.807, 2.05) is 0 Å². The fraction of sp³-hybridized carbons (Fsp3) is 0.429. The molecule has 0 fully saturated rings. The molecule has 0 amide bonds. The monoisotopic (exact) mass is 261 g/mol. The van der Waals surface area contributed by atoms with E-state index in [4.69, 9.17) is 0 Å². The molecule has 2 aromatic rings. The maximum absolute atomic E-state index is 4.46. The van der Waals surface area contributed by atoms with Gasteiger partial charge in [0.25, 0.3) is 0 Å². The van der Waals surface area contributed by atoms with Gasteiger partial charge >= 0.3 is 0 Å². The van der Waals surface area contributed by atoms with Crippen LogP contribution in [0.15, 0.2) is 17.8 Å². The molecule has 0 spiro atoms. The lowest BCUT2D eigenvalue weighted by Crippen LogP contribution is -2.07. The summed E-state index contributed by atoms with van der Waals surface area (Å²) in [6.45, 7) is 7.38. The third kappa shape index (κ3) is 2.70. The number of hydrogen-bond acceptors (Lipinski definition) is 4. The van der Waals surface area contributed by atoms with Crippen molar-refractivity contribution in [1.82, 2.24) is 9.97 Å². The van der Waals surface area contributed by atoms with Gasteiger partial charge in [-0.3, -0.25) is 0 Å². The quantitative estimate of drug-likeness (QED) is 0.887. The molecular formula is C14H19N3S. The van der Waals surface area contributed by atoms with Gasteiger partial charge in [-0.15, -0.1) is 11.3 Å². The minimum Gasteiger partial charge on any atom is -0.370 e. The smallest absolute Gasteiger partial charge is 0.133 e. The minimum atomic E-state index is 0.942. The molecule has 2 rings (SSSR count). The van der Waals surface area contributed by atoms with Crippen LogP contribution in [-0.4, -0.2) is 16.5 Å². The number of thiophene rings is 1. The van der Waals surface area contributed by atoms with Crippen LogP contribution in [0.25, 0.3) is 11.3 Å². The lowest BCUT2D eigenvalue weighted by atomic mass is 10.1. The Labute approximate surface area is 112 Å². The summed E-state index contributed by atoms with van der Waals surface area (Å²) in [5, 5.41) is 5.55. The Morgan fingerprint density at radius 2 is 2.11 bits per heavy atom. The van der Waals surface area contributed by atoms with Crippen molar-refractivity contribution in [2.24, 2.45) is 0 Å². The highest BCUT2D eigenvalue weighted by Gasteiger charge is 2.12. The van der Waals surface area contributed by atoms with Crippen molar-refractivity contribution < 1.29 is 0 Å². The van der Waals surface area contributed by atoms with E-state index in [2.05, 4.69) is 47.5 Å². The Hall–Kier alpha value is -1.42. The number of nitrogens with one attached hydrogen (secondary N) is 1. The maximum atomic E-state index is 4.46. The topological polar surface area (TPSA) is 37.8 Å². The van der Waals surface area contributed by atoms with Crippen LogP contribution in [0.1, 0.15) is 30.7 Å². The van der Waals surface area contributed by atoms with E-state index in [0.717, 1.165) is 30.9 Å². The zero-order chi connectivity index (χ0) is 13.0. The Kier molecular flexibility index (Phi) is 4.31. The van der Waals surface area contributed by atoms with Crippen molar-refractivity contribution in [3.8, 4) is 11.3 Å². The molecule has 2 aromatic heterocycles. The first-order chi connectivity index (χ1) is 8.76. The predicted octanol–water partition coefficient (Wildman–Crippen LogP) is 3.90. The second-order valence-corrected chi connectivity index (χ2v) is 5.39. The van der Waals surface area contributed by atoms with Gasteiger partial charge in [0.05, 0.1) is 5.69 Å². The average molecular weight is 261 g/mol. The lowest BCUT2D eigenvalue weighted by Gasteiger charge is -2.11. The Bertz CT molecular complexity index is 520. The number of aryl methyl sites for hydroxylation is 1.